The van der Waals surface area contributed by atoms with E-state index in [-0.39, 0.29) is 10.6 Å². The van der Waals surface area contributed by atoms with Crippen LogP contribution >= 0.6 is 11.6 Å². The van der Waals surface area contributed by atoms with Gasteiger partial charge in [-0.2, -0.15) is 0 Å². The Bertz CT molecular complexity index is 1980. The van der Waals surface area contributed by atoms with E-state index in [1.165, 1.54) is 18.4 Å². The van der Waals surface area contributed by atoms with Crippen LogP contribution in [0.15, 0.2) is 82.4 Å². The first kappa shape index (κ1) is 35.5. The summed E-state index contributed by atoms with van der Waals surface area (Å²) in [6.45, 7) is 11.6. The van der Waals surface area contributed by atoms with Crippen molar-refractivity contribution in [2.45, 2.75) is 62.7 Å². The van der Waals surface area contributed by atoms with Crippen LogP contribution in [-0.4, -0.2) is 86.5 Å². The van der Waals surface area contributed by atoms with Gasteiger partial charge in [0, 0.05) is 61.5 Å². The number of anilines is 1. The van der Waals surface area contributed by atoms with Gasteiger partial charge in [-0.15, -0.1) is 0 Å². The minimum atomic E-state index is -4.42. The number of hydrogen-bond acceptors (Lipinski definition) is 10. The third kappa shape index (κ3) is 6.20. The SMILES string of the molecule is CCOc1ccc(S(=O)(=O)N2C(=O)C(c3cc(CN4CCN(C(C)C)CC4)ccc3OC)(N3CCC[C@H]3c3ncco3)c3cc(Cl)ccc32)cc1. The van der Waals surface area contributed by atoms with Gasteiger partial charge in [-0.25, -0.2) is 17.7 Å². The summed E-state index contributed by atoms with van der Waals surface area (Å²) >= 11 is 6.74. The minimum absolute atomic E-state index is 0.0390. The first-order valence-corrected chi connectivity index (χ1v) is 19.3. The summed E-state index contributed by atoms with van der Waals surface area (Å²) in [5.74, 6) is 0.798. The summed E-state index contributed by atoms with van der Waals surface area (Å²) < 4.78 is 47.8. The zero-order valence-corrected chi connectivity index (χ0v) is 31.0. The number of nitrogens with zero attached hydrogens (tertiary/aromatic N) is 5. The number of amides is 1. The molecule has 4 aromatic rings. The van der Waals surface area contributed by atoms with Crippen LogP contribution in [-0.2, 0) is 26.9 Å². The molecule has 3 aliphatic heterocycles. The number of oxazole rings is 1. The van der Waals surface area contributed by atoms with E-state index in [4.69, 9.17) is 25.5 Å². The molecule has 1 amide bonds. The maximum atomic E-state index is 15.7. The van der Waals surface area contributed by atoms with Crippen LogP contribution in [0.2, 0.25) is 5.02 Å². The van der Waals surface area contributed by atoms with E-state index in [1.54, 1.807) is 43.6 Å². The predicted octanol–water partition coefficient (Wildman–Crippen LogP) is 6.08. The fourth-order valence-corrected chi connectivity index (χ4v) is 9.55. The number of carbonyl (C=O) groups excluding carboxylic acids is 1. The van der Waals surface area contributed by atoms with E-state index < -0.39 is 27.5 Å². The van der Waals surface area contributed by atoms with Gasteiger partial charge >= 0.3 is 0 Å². The lowest BCUT2D eigenvalue weighted by Crippen LogP contribution is -2.54. The third-order valence-corrected chi connectivity index (χ3v) is 12.3. The number of fused-ring (bicyclic) bond motifs is 1. The zero-order chi connectivity index (χ0) is 35.9. The molecule has 0 spiro atoms. The molecule has 2 fully saturated rings. The number of carbonyl (C=O) groups is 1. The van der Waals surface area contributed by atoms with Crippen molar-refractivity contribution in [3.05, 3.63) is 101 Å². The maximum Gasteiger partial charge on any atom is 0.271 e. The van der Waals surface area contributed by atoms with Crippen molar-refractivity contribution in [2.75, 3.05) is 50.7 Å². The highest BCUT2D eigenvalue weighted by atomic mass is 35.5. The van der Waals surface area contributed by atoms with Crippen molar-refractivity contribution < 1.29 is 27.1 Å². The maximum absolute atomic E-state index is 15.7. The molecule has 0 bridgehead atoms. The lowest BCUT2D eigenvalue weighted by Gasteiger charge is -2.41. The van der Waals surface area contributed by atoms with E-state index >= 15 is 4.79 Å². The molecule has 2 atom stereocenters. The summed E-state index contributed by atoms with van der Waals surface area (Å²) in [6, 6.07) is 17.0. The van der Waals surface area contributed by atoms with Gasteiger partial charge in [-0.1, -0.05) is 17.7 Å². The smallest absolute Gasteiger partial charge is 0.271 e. The Morgan fingerprint density at radius 2 is 1.76 bits per heavy atom. The molecule has 13 heteroatoms. The van der Waals surface area contributed by atoms with Crippen molar-refractivity contribution in [1.82, 2.24) is 19.7 Å². The number of methoxy groups -OCH3 is 1. The molecular formula is C38H44ClN5O6S. The molecule has 3 aliphatic rings. The highest BCUT2D eigenvalue weighted by molar-refractivity contribution is 7.93. The van der Waals surface area contributed by atoms with Gasteiger partial charge in [0.1, 0.15) is 17.8 Å². The molecular weight excluding hydrogens is 690 g/mol. The second-order valence-electron chi connectivity index (χ2n) is 13.5. The average Bonchev–Trinajstić information content (AvgIpc) is 3.88. The van der Waals surface area contributed by atoms with E-state index in [0.717, 1.165) is 42.5 Å². The largest absolute Gasteiger partial charge is 0.496 e. The van der Waals surface area contributed by atoms with Crippen LogP contribution in [0.25, 0.3) is 0 Å². The van der Waals surface area contributed by atoms with Gasteiger partial charge in [-0.3, -0.25) is 19.5 Å². The van der Waals surface area contributed by atoms with Crippen molar-refractivity contribution >= 4 is 33.2 Å². The topological polar surface area (TPSA) is 109 Å². The van der Waals surface area contributed by atoms with E-state index in [9.17, 15) is 8.42 Å². The van der Waals surface area contributed by atoms with Gasteiger partial charge in [0.05, 0.1) is 36.5 Å². The monoisotopic (exact) mass is 733 g/mol. The number of benzene rings is 3. The number of halogens is 1. The van der Waals surface area contributed by atoms with Crippen LogP contribution in [0.1, 0.15) is 62.2 Å². The van der Waals surface area contributed by atoms with Gasteiger partial charge in [0.25, 0.3) is 15.9 Å². The standard InChI is InChI=1S/C38H44ClN5O6S/c1-5-49-29-10-12-30(13-11-29)51(46,47)44-33-14-9-28(39)24-31(33)38(37(44)45,43-17-6-7-34(43)36-40-16-22-50-36)32-23-27(8-15-35(32)48-4)25-41-18-20-42(21-19-41)26(2)3/h8-16,22-24,26,34H,5-7,17-21,25H2,1-4H3/t34-,38?/m0/s1. The quantitative estimate of drug-likeness (QED) is 0.180. The van der Waals surface area contributed by atoms with Crippen LogP contribution in [0.4, 0.5) is 5.69 Å². The van der Waals surface area contributed by atoms with E-state index in [1.807, 2.05) is 30.0 Å². The summed E-state index contributed by atoms with van der Waals surface area (Å²) in [6.07, 6.45) is 4.48. The van der Waals surface area contributed by atoms with Crippen molar-refractivity contribution in [1.29, 1.82) is 0 Å². The second-order valence-corrected chi connectivity index (χ2v) is 15.7. The molecule has 0 N–H and O–H groups in total. The minimum Gasteiger partial charge on any atom is -0.496 e. The molecule has 0 radical (unpaired) electrons. The molecule has 2 saturated heterocycles. The van der Waals surface area contributed by atoms with E-state index in [0.29, 0.717) is 65.7 Å². The Labute approximate surface area is 304 Å². The first-order chi connectivity index (χ1) is 24.6. The number of piperazine rings is 1. The van der Waals surface area contributed by atoms with Gasteiger partial charge in [-0.05, 0) is 93.8 Å². The second kappa shape index (κ2) is 14.2. The molecule has 11 nitrogen and oxygen atoms in total. The number of rotatable bonds is 11. The molecule has 0 aliphatic carbocycles. The Balaban J connectivity index is 1.41. The fraction of sp³-hybridized carbons (Fsp3) is 0.421. The van der Waals surface area contributed by atoms with Crippen molar-refractivity contribution in [2.24, 2.45) is 0 Å². The average molecular weight is 734 g/mol. The fourth-order valence-electron chi connectivity index (χ4n) is 7.91. The van der Waals surface area contributed by atoms with Gasteiger partial charge in [0.15, 0.2) is 5.54 Å². The Kier molecular flexibility index (Phi) is 9.90. The van der Waals surface area contributed by atoms with Crippen molar-refractivity contribution in [3.63, 3.8) is 0 Å². The normalized spacial score (nSPS) is 21.8. The predicted molar refractivity (Wildman–Crippen MR) is 195 cm³/mol. The molecule has 1 aromatic heterocycles. The number of sulfonamides is 1. The van der Waals surface area contributed by atoms with Crippen LogP contribution in [0.5, 0.6) is 11.5 Å². The molecule has 3 aromatic carbocycles. The molecule has 51 heavy (non-hydrogen) atoms. The number of likely N-dealkylation sites (tertiary alicyclic amines) is 1. The highest BCUT2D eigenvalue weighted by Crippen LogP contribution is 2.57. The zero-order valence-electron chi connectivity index (χ0n) is 29.4. The van der Waals surface area contributed by atoms with Gasteiger partial charge in [0.2, 0.25) is 5.89 Å². The van der Waals surface area contributed by atoms with Crippen LogP contribution in [0, 0.1) is 0 Å². The summed E-state index contributed by atoms with van der Waals surface area (Å²) in [7, 11) is -2.86. The number of hydrogen-bond donors (Lipinski definition) is 0. The Morgan fingerprint density at radius 3 is 2.43 bits per heavy atom. The van der Waals surface area contributed by atoms with Crippen LogP contribution in [0.3, 0.4) is 0 Å². The molecule has 1 unspecified atom stereocenters. The summed E-state index contributed by atoms with van der Waals surface area (Å²) in [4.78, 5) is 27.1. The lowest BCUT2D eigenvalue weighted by atomic mass is 9.80. The molecule has 7 rings (SSSR count). The summed E-state index contributed by atoms with van der Waals surface area (Å²) in [5, 5.41) is 0.372. The molecule has 270 valence electrons. The Morgan fingerprint density at radius 1 is 1.00 bits per heavy atom. The van der Waals surface area contributed by atoms with Crippen LogP contribution < -0.4 is 13.8 Å². The van der Waals surface area contributed by atoms with Crippen molar-refractivity contribution in [3.8, 4) is 11.5 Å². The van der Waals surface area contributed by atoms with E-state index in [2.05, 4.69) is 28.6 Å². The van der Waals surface area contributed by atoms with Gasteiger partial charge < -0.3 is 13.9 Å². The molecule has 0 saturated carbocycles. The lowest BCUT2D eigenvalue weighted by molar-refractivity contribution is -0.127. The summed E-state index contributed by atoms with van der Waals surface area (Å²) in [5.41, 5.74) is 0.549. The Hall–Kier alpha value is -3.94. The first-order valence-electron chi connectivity index (χ1n) is 17.5. The molecule has 4 heterocycles. The highest BCUT2D eigenvalue weighted by Gasteiger charge is 2.63. The number of ether oxygens (including phenoxy) is 2. The number of aromatic nitrogens is 1. The third-order valence-electron chi connectivity index (χ3n) is 10.4.